The predicted octanol–water partition coefficient (Wildman–Crippen LogP) is 2.82. The highest BCUT2D eigenvalue weighted by molar-refractivity contribution is 5.82. The van der Waals surface area contributed by atoms with E-state index in [4.69, 9.17) is 0 Å². The third-order valence-electron chi connectivity index (χ3n) is 4.31. The largest absolute Gasteiger partial charge is 0.451 e. The molecule has 2 aromatic heterocycles. The summed E-state index contributed by atoms with van der Waals surface area (Å²) < 4.78 is 39.0. The first-order valence-corrected chi connectivity index (χ1v) is 8.56. The number of H-pyrrole nitrogens is 1. The number of carbonyl (C=O) groups excluding carboxylic acids is 1. The standard InChI is InChI=1S/C16H21F3N6O/c1-9(2)7-11(26)25-5-3-10(4-6-25)22-14-12-13(21-8-20-12)23-15(24-14)16(17,18)19/h8-10H,3-7H2,1-2H3,(H2,20,21,22,23,24). The van der Waals surface area contributed by atoms with Crippen LogP contribution in [0.25, 0.3) is 11.2 Å². The van der Waals surface area contributed by atoms with Gasteiger partial charge in [0, 0.05) is 25.6 Å². The lowest BCUT2D eigenvalue weighted by Crippen LogP contribution is -2.42. The number of alkyl halides is 3. The highest BCUT2D eigenvalue weighted by Crippen LogP contribution is 2.30. The van der Waals surface area contributed by atoms with Crippen molar-refractivity contribution in [3.63, 3.8) is 0 Å². The number of nitrogens with one attached hydrogen (secondary N) is 2. The molecule has 2 N–H and O–H groups in total. The second-order valence-electron chi connectivity index (χ2n) is 6.89. The number of fused-ring (bicyclic) bond motifs is 1. The second-order valence-corrected chi connectivity index (χ2v) is 6.89. The third kappa shape index (κ3) is 4.05. The van der Waals surface area contributed by atoms with Crippen molar-refractivity contribution in [1.82, 2.24) is 24.8 Å². The van der Waals surface area contributed by atoms with Crippen molar-refractivity contribution in [1.29, 1.82) is 0 Å². The Labute approximate surface area is 148 Å². The molecule has 1 aliphatic rings. The number of aromatic nitrogens is 4. The smallest absolute Gasteiger partial charge is 0.365 e. The summed E-state index contributed by atoms with van der Waals surface area (Å²) in [6.07, 6.45) is -1.56. The van der Waals surface area contributed by atoms with Crippen LogP contribution >= 0.6 is 0 Å². The molecule has 10 heteroatoms. The first kappa shape index (κ1) is 18.4. The molecule has 1 saturated heterocycles. The van der Waals surface area contributed by atoms with Crippen molar-refractivity contribution in [2.24, 2.45) is 5.92 Å². The first-order chi connectivity index (χ1) is 12.2. The lowest BCUT2D eigenvalue weighted by molar-refractivity contribution is -0.144. The molecule has 0 spiro atoms. The van der Waals surface area contributed by atoms with Gasteiger partial charge in [-0.15, -0.1) is 0 Å². The van der Waals surface area contributed by atoms with E-state index in [9.17, 15) is 18.0 Å². The average Bonchev–Trinajstić information content (AvgIpc) is 3.03. The van der Waals surface area contributed by atoms with E-state index in [0.717, 1.165) is 0 Å². The molecule has 2 aromatic rings. The van der Waals surface area contributed by atoms with Gasteiger partial charge in [-0.1, -0.05) is 13.8 Å². The van der Waals surface area contributed by atoms with Crippen molar-refractivity contribution < 1.29 is 18.0 Å². The second kappa shape index (κ2) is 7.08. The number of carbonyl (C=O) groups is 1. The summed E-state index contributed by atoms with van der Waals surface area (Å²) in [7, 11) is 0. The molecule has 0 saturated carbocycles. The minimum atomic E-state index is -4.64. The Hall–Kier alpha value is -2.39. The molecule has 3 heterocycles. The van der Waals surface area contributed by atoms with Crippen LogP contribution in [0.4, 0.5) is 19.0 Å². The zero-order chi connectivity index (χ0) is 18.9. The van der Waals surface area contributed by atoms with Gasteiger partial charge in [-0.25, -0.2) is 15.0 Å². The number of hydrogen-bond donors (Lipinski definition) is 2. The topological polar surface area (TPSA) is 86.8 Å². The van der Waals surface area contributed by atoms with Crippen LogP contribution in [0, 0.1) is 5.92 Å². The summed E-state index contributed by atoms with van der Waals surface area (Å²) in [5.74, 6) is -0.708. The maximum Gasteiger partial charge on any atom is 0.451 e. The predicted molar refractivity (Wildman–Crippen MR) is 89.4 cm³/mol. The normalized spacial score (nSPS) is 16.5. The Morgan fingerprint density at radius 1 is 1.35 bits per heavy atom. The van der Waals surface area contributed by atoms with Crippen LogP contribution < -0.4 is 5.32 Å². The fraction of sp³-hybridized carbons (Fsp3) is 0.625. The van der Waals surface area contributed by atoms with E-state index in [1.54, 1.807) is 0 Å². The van der Waals surface area contributed by atoms with Gasteiger partial charge in [0.15, 0.2) is 11.5 Å². The molecule has 1 amide bonds. The van der Waals surface area contributed by atoms with Crippen molar-refractivity contribution in [2.75, 3.05) is 18.4 Å². The molecule has 0 unspecified atom stereocenters. The van der Waals surface area contributed by atoms with Crippen LogP contribution in [-0.2, 0) is 11.0 Å². The zero-order valence-corrected chi connectivity index (χ0v) is 14.6. The highest BCUT2D eigenvalue weighted by Gasteiger charge is 2.36. The summed E-state index contributed by atoms with van der Waals surface area (Å²) in [5.41, 5.74) is 0.315. The van der Waals surface area contributed by atoms with Gasteiger partial charge < -0.3 is 15.2 Å². The van der Waals surface area contributed by atoms with Gasteiger partial charge in [0.2, 0.25) is 11.7 Å². The number of rotatable bonds is 4. The van der Waals surface area contributed by atoms with Crippen LogP contribution in [0.5, 0.6) is 0 Å². The van der Waals surface area contributed by atoms with E-state index in [2.05, 4.69) is 25.3 Å². The van der Waals surface area contributed by atoms with Crippen molar-refractivity contribution in [3.8, 4) is 0 Å². The molecule has 0 atom stereocenters. The summed E-state index contributed by atoms with van der Waals surface area (Å²) in [6.45, 7) is 5.14. The van der Waals surface area contributed by atoms with Crippen LogP contribution in [0.1, 0.15) is 38.9 Å². The molecule has 0 bridgehead atoms. The van der Waals surface area contributed by atoms with Gasteiger partial charge in [0.25, 0.3) is 0 Å². The van der Waals surface area contributed by atoms with E-state index < -0.39 is 12.0 Å². The Morgan fingerprint density at radius 3 is 2.65 bits per heavy atom. The number of piperidine rings is 1. The van der Waals surface area contributed by atoms with Crippen LogP contribution in [0.15, 0.2) is 6.33 Å². The van der Waals surface area contributed by atoms with E-state index in [0.29, 0.717) is 43.8 Å². The molecule has 26 heavy (non-hydrogen) atoms. The number of likely N-dealkylation sites (tertiary alicyclic amines) is 1. The van der Waals surface area contributed by atoms with Gasteiger partial charge in [0.05, 0.1) is 6.33 Å². The Bertz CT molecular complexity index is 780. The van der Waals surface area contributed by atoms with Crippen molar-refractivity contribution in [3.05, 3.63) is 12.2 Å². The fourth-order valence-corrected chi connectivity index (χ4v) is 3.01. The number of anilines is 1. The number of imidazole rings is 1. The van der Waals surface area contributed by atoms with Gasteiger partial charge in [0.1, 0.15) is 5.52 Å². The summed E-state index contributed by atoms with van der Waals surface area (Å²) in [5, 5.41) is 3.06. The molecule has 0 aliphatic carbocycles. The summed E-state index contributed by atoms with van der Waals surface area (Å²) in [4.78, 5) is 27.6. The molecule has 0 aromatic carbocycles. The minimum Gasteiger partial charge on any atom is -0.365 e. The summed E-state index contributed by atoms with van der Waals surface area (Å²) in [6, 6.07) is -0.0689. The lowest BCUT2D eigenvalue weighted by atomic mass is 10.0. The van der Waals surface area contributed by atoms with Crippen LogP contribution in [0.2, 0.25) is 0 Å². The number of nitrogens with zero attached hydrogens (tertiary/aromatic N) is 4. The first-order valence-electron chi connectivity index (χ1n) is 8.56. The molecular weight excluding hydrogens is 349 g/mol. The minimum absolute atomic E-state index is 0.0284. The van der Waals surface area contributed by atoms with E-state index in [-0.39, 0.29) is 23.4 Å². The molecule has 3 rings (SSSR count). The molecule has 142 valence electrons. The quantitative estimate of drug-likeness (QED) is 0.864. The Morgan fingerprint density at radius 2 is 2.04 bits per heavy atom. The third-order valence-corrected chi connectivity index (χ3v) is 4.31. The molecule has 1 fully saturated rings. The highest BCUT2D eigenvalue weighted by atomic mass is 19.4. The SMILES string of the molecule is CC(C)CC(=O)N1CCC(Nc2nc(C(F)(F)F)nc3nc[nH]c23)CC1. The van der Waals surface area contributed by atoms with Gasteiger partial charge in [-0.3, -0.25) is 4.79 Å². The maximum absolute atomic E-state index is 13.0. The Balaban J connectivity index is 1.70. The van der Waals surface area contributed by atoms with Gasteiger partial charge in [-0.2, -0.15) is 13.2 Å². The van der Waals surface area contributed by atoms with E-state index in [1.807, 2.05) is 18.7 Å². The number of halogens is 3. The molecule has 1 aliphatic heterocycles. The van der Waals surface area contributed by atoms with Crippen LogP contribution in [0.3, 0.4) is 0 Å². The van der Waals surface area contributed by atoms with Crippen LogP contribution in [-0.4, -0.2) is 49.9 Å². The lowest BCUT2D eigenvalue weighted by Gasteiger charge is -2.33. The summed E-state index contributed by atoms with van der Waals surface area (Å²) >= 11 is 0. The number of amides is 1. The van der Waals surface area contributed by atoms with Crippen molar-refractivity contribution >= 4 is 22.9 Å². The van der Waals surface area contributed by atoms with Crippen molar-refractivity contribution in [2.45, 2.75) is 45.3 Å². The average molecular weight is 370 g/mol. The van der Waals surface area contributed by atoms with Gasteiger partial charge in [-0.05, 0) is 18.8 Å². The molecular formula is C16H21F3N6O. The Kier molecular flexibility index (Phi) is 5.01. The monoisotopic (exact) mass is 370 g/mol. The fourth-order valence-electron chi connectivity index (χ4n) is 3.01. The van der Waals surface area contributed by atoms with Gasteiger partial charge >= 0.3 is 6.18 Å². The molecule has 7 nitrogen and oxygen atoms in total. The zero-order valence-electron chi connectivity index (χ0n) is 14.6. The van der Waals surface area contributed by atoms with E-state index >= 15 is 0 Å². The number of hydrogen-bond acceptors (Lipinski definition) is 5. The molecule has 0 radical (unpaired) electrons. The maximum atomic E-state index is 13.0. The van der Waals surface area contributed by atoms with E-state index in [1.165, 1.54) is 6.33 Å². The number of aromatic amines is 1.